The van der Waals surface area contributed by atoms with Gasteiger partial charge in [0.25, 0.3) is 0 Å². The number of likely N-dealkylation sites (tertiary alicyclic amines) is 1. The standard InChI is InChI=1S/C16H15F3N4O/c17-16(18,19)10-23-5-1-2-12(9-23)15(24)22-14-4-3-11(7-20)13(6-14)8-21/h3-4,6,12H,1-2,5,9-10H2,(H,22,24)/t12-/m0/s1. The summed E-state index contributed by atoms with van der Waals surface area (Å²) in [4.78, 5) is 13.5. The molecule has 0 saturated carbocycles. The minimum atomic E-state index is -4.28. The van der Waals surface area contributed by atoms with E-state index in [9.17, 15) is 18.0 Å². The number of benzene rings is 1. The number of carbonyl (C=O) groups excluding carboxylic acids is 1. The van der Waals surface area contributed by atoms with Crippen molar-refractivity contribution in [1.82, 2.24) is 4.90 Å². The van der Waals surface area contributed by atoms with Crippen molar-refractivity contribution in [3.8, 4) is 12.1 Å². The molecule has 8 heteroatoms. The Morgan fingerprint density at radius 3 is 2.62 bits per heavy atom. The van der Waals surface area contributed by atoms with Gasteiger partial charge in [-0.25, -0.2) is 0 Å². The molecule has 0 aromatic heterocycles. The Bertz CT molecular complexity index is 703. The zero-order chi connectivity index (χ0) is 17.7. The molecule has 1 aromatic rings. The molecule has 1 aromatic carbocycles. The molecule has 1 saturated heterocycles. The Morgan fingerprint density at radius 2 is 2.00 bits per heavy atom. The molecule has 1 N–H and O–H groups in total. The van der Waals surface area contributed by atoms with E-state index in [1.165, 1.54) is 23.1 Å². The quantitative estimate of drug-likeness (QED) is 0.920. The van der Waals surface area contributed by atoms with Crippen LogP contribution in [-0.2, 0) is 4.79 Å². The fraction of sp³-hybridized carbons (Fsp3) is 0.438. The van der Waals surface area contributed by atoms with Crippen molar-refractivity contribution >= 4 is 11.6 Å². The van der Waals surface area contributed by atoms with Crippen molar-refractivity contribution in [3.05, 3.63) is 29.3 Å². The number of rotatable bonds is 3. The molecule has 1 heterocycles. The third kappa shape index (κ3) is 4.71. The third-order valence-corrected chi connectivity index (χ3v) is 3.81. The number of anilines is 1. The van der Waals surface area contributed by atoms with Crippen LogP contribution >= 0.6 is 0 Å². The number of nitrogens with one attached hydrogen (secondary N) is 1. The third-order valence-electron chi connectivity index (χ3n) is 3.81. The van der Waals surface area contributed by atoms with Gasteiger partial charge in [-0.3, -0.25) is 9.69 Å². The summed E-state index contributed by atoms with van der Waals surface area (Å²) in [6.45, 7) is -0.655. The minimum absolute atomic E-state index is 0.0483. The number of alkyl halides is 3. The van der Waals surface area contributed by atoms with Crippen molar-refractivity contribution in [2.75, 3.05) is 25.0 Å². The number of nitriles is 2. The summed E-state index contributed by atoms with van der Waals surface area (Å²) in [7, 11) is 0. The highest BCUT2D eigenvalue weighted by molar-refractivity contribution is 5.93. The van der Waals surface area contributed by atoms with Crippen molar-refractivity contribution in [3.63, 3.8) is 0 Å². The molecular weight excluding hydrogens is 321 g/mol. The molecule has 1 aliphatic heterocycles. The number of hydrogen-bond acceptors (Lipinski definition) is 4. The summed E-state index contributed by atoms with van der Waals surface area (Å²) in [5, 5.41) is 20.4. The molecule has 1 fully saturated rings. The molecule has 2 rings (SSSR count). The van der Waals surface area contributed by atoms with Gasteiger partial charge in [0.1, 0.15) is 12.1 Å². The van der Waals surface area contributed by atoms with E-state index in [2.05, 4.69) is 5.32 Å². The van der Waals surface area contributed by atoms with Crippen LogP contribution in [0.25, 0.3) is 0 Å². The number of nitrogens with zero attached hydrogens (tertiary/aromatic N) is 3. The van der Waals surface area contributed by atoms with Gasteiger partial charge in [0.15, 0.2) is 0 Å². The average molecular weight is 336 g/mol. The van der Waals surface area contributed by atoms with Crippen LogP contribution in [0, 0.1) is 28.6 Å². The molecule has 0 spiro atoms. The average Bonchev–Trinajstić information content (AvgIpc) is 2.53. The normalized spacial score (nSPS) is 18.5. The van der Waals surface area contributed by atoms with E-state index >= 15 is 0 Å². The topological polar surface area (TPSA) is 79.9 Å². The second kappa shape index (κ2) is 7.33. The minimum Gasteiger partial charge on any atom is -0.326 e. The highest BCUT2D eigenvalue weighted by atomic mass is 19.4. The Balaban J connectivity index is 2.02. The molecular formula is C16H15F3N4O. The van der Waals surface area contributed by atoms with Crippen LogP contribution in [0.5, 0.6) is 0 Å². The molecule has 1 atom stereocenters. The number of amides is 1. The van der Waals surface area contributed by atoms with Gasteiger partial charge in [-0.1, -0.05) is 0 Å². The highest BCUT2D eigenvalue weighted by Gasteiger charge is 2.34. The molecule has 5 nitrogen and oxygen atoms in total. The van der Waals surface area contributed by atoms with Crippen LogP contribution < -0.4 is 5.32 Å². The van der Waals surface area contributed by atoms with Gasteiger partial charge in [0.05, 0.1) is 23.6 Å². The molecule has 126 valence electrons. The van der Waals surface area contributed by atoms with E-state index in [-0.39, 0.29) is 23.6 Å². The maximum Gasteiger partial charge on any atom is 0.401 e. The molecule has 24 heavy (non-hydrogen) atoms. The molecule has 0 bridgehead atoms. The number of piperidine rings is 1. The predicted octanol–water partition coefficient (Wildman–Crippen LogP) is 2.64. The first-order chi connectivity index (χ1) is 11.3. The van der Waals surface area contributed by atoms with Crippen LogP contribution in [0.2, 0.25) is 0 Å². The molecule has 0 unspecified atom stereocenters. The molecule has 0 aliphatic carbocycles. The van der Waals surface area contributed by atoms with Crippen LogP contribution in [0.15, 0.2) is 18.2 Å². The van der Waals surface area contributed by atoms with E-state index in [4.69, 9.17) is 10.5 Å². The van der Waals surface area contributed by atoms with E-state index in [0.29, 0.717) is 25.1 Å². The Morgan fingerprint density at radius 1 is 1.29 bits per heavy atom. The van der Waals surface area contributed by atoms with Gasteiger partial charge >= 0.3 is 6.18 Å². The Hall–Kier alpha value is -2.58. The second-order valence-corrected chi connectivity index (χ2v) is 5.66. The number of hydrogen-bond donors (Lipinski definition) is 1. The first-order valence-corrected chi connectivity index (χ1v) is 7.36. The summed E-state index contributed by atoms with van der Waals surface area (Å²) in [6, 6.07) is 8.03. The van der Waals surface area contributed by atoms with Crippen LogP contribution in [0.3, 0.4) is 0 Å². The lowest BCUT2D eigenvalue weighted by atomic mass is 9.97. The van der Waals surface area contributed by atoms with Gasteiger partial charge in [-0.2, -0.15) is 23.7 Å². The van der Waals surface area contributed by atoms with Crippen molar-refractivity contribution in [2.45, 2.75) is 19.0 Å². The van der Waals surface area contributed by atoms with Crippen molar-refractivity contribution in [1.29, 1.82) is 10.5 Å². The second-order valence-electron chi connectivity index (χ2n) is 5.66. The fourth-order valence-electron chi connectivity index (χ4n) is 2.72. The smallest absolute Gasteiger partial charge is 0.326 e. The fourth-order valence-corrected chi connectivity index (χ4v) is 2.72. The largest absolute Gasteiger partial charge is 0.401 e. The zero-order valence-electron chi connectivity index (χ0n) is 12.7. The monoisotopic (exact) mass is 336 g/mol. The van der Waals surface area contributed by atoms with Gasteiger partial charge < -0.3 is 5.32 Å². The number of carbonyl (C=O) groups is 1. The summed E-state index contributed by atoms with van der Waals surface area (Å²) in [5.41, 5.74) is 0.686. The van der Waals surface area contributed by atoms with Gasteiger partial charge in [0, 0.05) is 12.2 Å². The summed E-state index contributed by atoms with van der Waals surface area (Å²) >= 11 is 0. The molecule has 1 amide bonds. The lowest BCUT2D eigenvalue weighted by Gasteiger charge is -2.32. The highest BCUT2D eigenvalue weighted by Crippen LogP contribution is 2.24. The Labute approximate surface area is 137 Å². The van der Waals surface area contributed by atoms with E-state index in [0.717, 1.165) is 0 Å². The van der Waals surface area contributed by atoms with E-state index in [1.807, 2.05) is 12.1 Å². The first kappa shape index (κ1) is 17.8. The van der Waals surface area contributed by atoms with Crippen LogP contribution in [-0.4, -0.2) is 36.6 Å². The molecule has 0 radical (unpaired) electrons. The summed E-state index contributed by atoms with van der Waals surface area (Å²) < 4.78 is 37.4. The lowest BCUT2D eigenvalue weighted by molar-refractivity contribution is -0.151. The lowest BCUT2D eigenvalue weighted by Crippen LogP contribution is -2.44. The maximum absolute atomic E-state index is 12.5. The zero-order valence-corrected chi connectivity index (χ0v) is 12.7. The number of halogens is 3. The predicted molar refractivity (Wildman–Crippen MR) is 79.7 cm³/mol. The summed E-state index contributed by atoms with van der Waals surface area (Å²) in [5.74, 6) is -0.919. The van der Waals surface area contributed by atoms with E-state index < -0.39 is 18.6 Å². The van der Waals surface area contributed by atoms with Crippen LogP contribution in [0.4, 0.5) is 18.9 Å². The maximum atomic E-state index is 12.5. The van der Waals surface area contributed by atoms with Crippen LogP contribution in [0.1, 0.15) is 24.0 Å². The summed E-state index contributed by atoms with van der Waals surface area (Å²) in [6.07, 6.45) is -3.25. The molecule has 1 aliphatic rings. The SMILES string of the molecule is N#Cc1ccc(NC(=O)[C@H]2CCCN(CC(F)(F)F)C2)cc1C#N. The van der Waals surface area contributed by atoms with Gasteiger partial charge in [-0.05, 0) is 37.6 Å². The van der Waals surface area contributed by atoms with Crippen molar-refractivity contribution in [2.24, 2.45) is 5.92 Å². The van der Waals surface area contributed by atoms with Crippen molar-refractivity contribution < 1.29 is 18.0 Å². The Kier molecular flexibility index (Phi) is 5.42. The van der Waals surface area contributed by atoms with Gasteiger partial charge in [0.2, 0.25) is 5.91 Å². The van der Waals surface area contributed by atoms with E-state index in [1.54, 1.807) is 0 Å². The van der Waals surface area contributed by atoms with Gasteiger partial charge in [-0.15, -0.1) is 0 Å². The first-order valence-electron chi connectivity index (χ1n) is 7.36.